The van der Waals surface area contributed by atoms with Gasteiger partial charge in [-0.25, -0.2) is 9.97 Å². The topological polar surface area (TPSA) is 37.8 Å². The molecule has 0 unspecified atom stereocenters. The highest BCUT2D eigenvalue weighted by Gasteiger charge is 2.28. The van der Waals surface area contributed by atoms with Crippen molar-refractivity contribution in [1.29, 1.82) is 0 Å². The SMILES string of the molecule is CCNc1nc(C2CC2)nc(-c2ccccc2Br)c1C. The van der Waals surface area contributed by atoms with Crippen LogP contribution in [-0.4, -0.2) is 16.5 Å². The molecule has 104 valence electrons. The van der Waals surface area contributed by atoms with Crippen LogP contribution in [0.2, 0.25) is 0 Å². The van der Waals surface area contributed by atoms with Gasteiger partial charge in [0.25, 0.3) is 0 Å². The summed E-state index contributed by atoms with van der Waals surface area (Å²) in [6.07, 6.45) is 2.42. The van der Waals surface area contributed by atoms with E-state index in [1.54, 1.807) is 0 Å². The molecule has 0 saturated heterocycles. The van der Waals surface area contributed by atoms with Crippen LogP contribution in [0, 0.1) is 6.92 Å². The van der Waals surface area contributed by atoms with Crippen LogP contribution in [0.25, 0.3) is 11.3 Å². The van der Waals surface area contributed by atoms with Crippen molar-refractivity contribution in [3.63, 3.8) is 0 Å². The number of benzene rings is 1. The first-order chi connectivity index (χ1) is 9.70. The van der Waals surface area contributed by atoms with E-state index in [1.807, 2.05) is 12.1 Å². The molecule has 0 bridgehead atoms. The molecule has 3 nitrogen and oxygen atoms in total. The van der Waals surface area contributed by atoms with E-state index < -0.39 is 0 Å². The number of nitrogens with zero attached hydrogens (tertiary/aromatic N) is 2. The molecular formula is C16H18BrN3. The molecule has 1 N–H and O–H groups in total. The highest BCUT2D eigenvalue weighted by Crippen LogP contribution is 2.40. The lowest BCUT2D eigenvalue weighted by Gasteiger charge is -2.14. The average molecular weight is 332 g/mol. The first-order valence-electron chi connectivity index (χ1n) is 7.08. The number of rotatable bonds is 4. The predicted molar refractivity (Wildman–Crippen MR) is 86.0 cm³/mol. The number of nitrogens with one attached hydrogen (secondary N) is 1. The van der Waals surface area contributed by atoms with Crippen LogP contribution in [0.4, 0.5) is 5.82 Å². The van der Waals surface area contributed by atoms with Crippen LogP contribution in [0.1, 0.15) is 37.1 Å². The fourth-order valence-electron chi connectivity index (χ4n) is 2.31. The Morgan fingerprint density at radius 1 is 1.25 bits per heavy atom. The van der Waals surface area contributed by atoms with Gasteiger partial charge in [0.05, 0.1) is 5.69 Å². The summed E-state index contributed by atoms with van der Waals surface area (Å²) in [7, 11) is 0. The lowest BCUT2D eigenvalue weighted by Crippen LogP contribution is -2.07. The second kappa shape index (κ2) is 5.52. The molecule has 1 aliphatic rings. The Hall–Kier alpha value is -1.42. The molecule has 1 fully saturated rings. The van der Waals surface area contributed by atoms with Crippen molar-refractivity contribution in [3.05, 3.63) is 40.1 Å². The Morgan fingerprint density at radius 2 is 2.00 bits per heavy atom. The summed E-state index contributed by atoms with van der Waals surface area (Å²) in [6, 6.07) is 8.23. The fraction of sp³-hybridized carbons (Fsp3) is 0.375. The standard InChI is InChI=1S/C16H18BrN3/c1-3-18-15-10(2)14(12-6-4-5-7-13(12)17)19-16(20-15)11-8-9-11/h4-7,11H,3,8-9H2,1-2H3,(H,18,19,20). The minimum Gasteiger partial charge on any atom is -0.370 e. The maximum atomic E-state index is 4.83. The summed E-state index contributed by atoms with van der Waals surface area (Å²) >= 11 is 3.63. The molecule has 0 spiro atoms. The van der Waals surface area contributed by atoms with Crippen LogP contribution in [-0.2, 0) is 0 Å². The van der Waals surface area contributed by atoms with E-state index in [0.717, 1.165) is 39.5 Å². The summed E-state index contributed by atoms with van der Waals surface area (Å²) in [4.78, 5) is 9.53. The summed E-state index contributed by atoms with van der Waals surface area (Å²) in [5.74, 6) is 2.50. The van der Waals surface area contributed by atoms with E-state index >= 15 is 0 Å². The zero-order chi connectivity index (χ0) is 14.1. The lowest BCUT2D eigenvalue weighted by atomic mass is 10.1. The van der Waals surface area contributed by atoms with Gasteiger partial charge in [-0.15, -0.1) is 0 Å². The predicted octanol–water partition coefficient (Wildman–Crippen LogP) is 4.52. The fourth-order valence-corrected chi connectivity index (χ4v) is 2.79. The third-order valence-electron chi connectivity index (χ3n) is 3.58. The van der Waals surface area contributed by atoms with Crippen LogP contribution in [0.15, 0.2) is 28.7 Å². The van der Waals surface area contributed by atoms with E-state index in [9.17, 15) is 0 Å². The third kappa shape index (κ3) is 2.57. The zero-order valence-corrected chi connectivity index (χ0v) is 13.4. The van der Waals surface area contributed by atoms with Gasteiger partial charge in [0.15, 0.2) is 0 Å². The largest absolute Gasteiger partial charge is 0.370 e. The minimum atomic E-state index is 0.550. The molecular weight excluding hydrogens is 314 g/mol. The van der Waals surface area contributed by atoms with E-state index in [4.69, 9.17) is 9.97 Å². The molecule has 1 aliphatic carbocycles. The number of aromatic nitrogens is 2. The van der Waals surface area contributed by atoms with Crippen LogP contribution in [0.5, 0.6) is 0 Å². The van der Waals surface area contributed by atoms with E-state index in [0.29, 0.717) is 5.92 Å². The molecule has 1 saturated carbocycles. The number of anilines is 1. The molecule has 2 aromatic rings. The van der Waals surface area contributed by atoms with Gasteiger partial charge in [-0.3, -0.25) is 0 Å². The highest BCUT2D eigenvalue weighted by molar-refractivity contribution is 9.10. The van der Waals surface area contributed by atoms with Crippen molar-refractivity contribution < 1.29 is 0 Å². The van der Waals surface area contributed by atoms with Crippen molar-refractivity contribution in [3.8, 4) is 11.3 Å². The van der Waals surface area contributed by atoms with Gasteiger partial charge in [-0.05, 0) is 32.8 Å². The van der Waals surface area contributed by atoms with Crippen molar-refractivity contribution >= 4 is 21.7 Å². The zero-order valence-electron chi connectivity index (χ0n) is 11.8. The summed E-state index contributed by atoms with van der Waals surface area (Å²) in [5, 5.41) is 3.36. The Morgan fingerprint density at radius 3 is 2.65 bits per heavy atom. The smallest absolute Gasteiger partial charge is 0.134 e. The first-order valence-corrected chi connectivity index (χ1v) is 7.87. The maximum absolute atomic E-state index is 4.83. The molecule has 0 atom stereocenters. The van der Waals surface area contributed by atoms with Crippen molar-refractivity contribution in [2.45, 2.75) is 32.6 Å². The van der Waals surface area contributed by atoms with Crippen molar-refractivity contribution in [1.82, 2.24) is 9.97 Å². The monoisotopic (exact) mass is 331 g/mol. The van der Waals surface area contributed by atoms with Crippen molar-refractivity contribution in [2.24, 2.45) is 0 Å². The number of hydrogen-bond acceptors (Lipinski definition) is 3. The quantitative estimate of drug-likeness (QED) is 0.894. The molecule has 0 radical (unpaired) electrons. The van der Waals surface area contributed by atoms with E-state index in [2.05, 4.69) is 47.2 Å². The summed E-state index contributed by atoms with van der Waals surface area (Å²) in [5.41, 5.74) is 3.28. The Balaban J connectivity index is 2.15. The maximum Gasteiger partial charge on any atom is 0.134 e. The second-order valence-electron chi connectivity index (χ2n) is 5.19. The van der Waals surface area contributed by atoms with Gasteiger partial charge in [0.1, 0.15) is 11.6 Å². The van der Waals surface area contributed by atoms with Gasteiger partial charge >= 0.3 is 0 Å². The molecule has 4 heteroatoms. The summed E-state index contributed by atoms with van der Waals surface area (Å²) < 4.78 is 1.07. The third-order valence-corrected chi connectivity index (χ3v) is 4.27. The van der Waals surface area contributed by atoms with Gasteiger partial charge in [-0.2, -0.15) is 0 Å². The summed E-state index contributed by atoms with van der Waals surface area (Å²) in [6.45, 7) is 5.05. The minimum absolute atomic E-state index is 0.550. The Kier molecular flexibility index (Phi) is 3.74. The molecule has 20 heavy (non-hydrogen) atoms. The molecule has 1 heterocycles. The second-order valence-corrected chi connectivity index (χ2v) is 6.04. The molecule has 3 rings (SSSR count). The van der Waals surface area contributed by atoms with E-state index in [1.165, 1.54) is 12.8 Å². The molecule has 1 aromatic heterocycles. The van der Waals surface area contributed by atoms with Crippen LogP contribution < -0.4 is 5.32 Å². The van der Waals surface area contributed by atoms with Crippen molar-refractivity contribution in [2.75, 3.05) is 11.9 Å². The lowest BCUT2D eigenvalue weighted by molar-refractivity contribution is 0.918. The molecule has 0 amide bonds. The number of halogens is 1. The van der Waals surface area contributed by atoms with Crippen LogP contribution in [0.3, 0.4) is 0 Å². The average Bonchev–Trinajstić information content (AvgIpc) is 3.27. The van der Waals surface area contributed by atoms with Gasteiger partial charge in [-0.1, -0.05) is 34.1 Å². The molecule has 1 aromatic carbocycles. The highest BCUT2D eigenvalue weighted by atomic mass is 79.9. The van der Waals surface area contributed by atoms with Gasteiger partial charge in [0, 0.05) is 28.1 Å². The molecule has 0 aliphatic heterocycles. The van der Waals surface area contributed by atoms with E-state index in [-0.39, 0.29) is 0 Å². The normalized spacial score (nSPS) is 14.3. The van der Waals surface area contributed by atoms with Crippen LogP contribution >= 0.6 is 15.9 Å². The Labute approximate surface area is 128 Å². The van der Waals surface area contributed by atoms with Gasteiger partial charge in [0.2, 0.25) is 0 Å². The number of hydrogen-bond donors (Lipinski definition) is 1. The first kappa shape index (κ1) is 13.6. The Bertz CT molecular complexity index is 636. The van der Waals surface area contributed by atoms with Gasteiger partial charge < -0.3 is 5.32 Å².